The second-order valence-electron chi connectivity index (χ2n) is 5.49. The van der Waals surface area contributed by atoms with Crippen molar-refractivity contribution in [3.63, 3.8) is 0 Å². The minimum absolute atomic E-state index is 0.110. The lowest BCUT2D eigenvalue weighted by Gasteiger charge is -2.31. The smallest absolute Gasteiger partial charge is 0.314 e. The summed E-state index contributed by atoms with van der Waals surface area (Å²) in [5.41, 5.74) is 1.25. The van der Waals surface area contributed by atoms with Crippen LogP contribution in [-0.2, 0) is 10.2 Å². The maximum Gasteiger partial charge on any atom is 0.332 e. The quantitative estimate of drug-likeness (QED) is 0.834. The van der Waals surface area contributed by atoms with Crippen LogP contribution in [0.4, 0.5) is 3.89 Å². The van der Waals surface area contributed by atoms with Crippen LogP contribution in [0.5, 0.6) is 0 Å². The highest BCUT2D eigenvalue weighted by Gasteiger charge is 2.21. The van der Waals surface area contributed by atoms with Crippen LogP contribution in [-0.4, -0.2) is 54.5 Å². The van der Waals surface area contributed by atoms with Crippen molar-refractivity contribution >= 4 is 10.2 Å². The van der Waals surface area contributed by atoms with E-state index in [2.05, 4.69) is 27.5 Å². The van der Waals surface area contributed by atoms with Gasteiger partial charge >= 0.3 is 10.2 Å². The number of hydrogen-bond donors (Lipinski definition) is 1. The highest BCUT2D eigenvalue weighted by Crippen LogP contribution is 2.20. The van der Waals surface area contributed by atoms with E-state index in [0.29, 0.717) is 5.69 Å². The summed E-state index contributed by atoms with van der Waals surface area (Å²) in [6.45, 7) is 5.80. The maximum atomic E-state index is 13.1. The molecular weight excluding hydrogens is 321 g/mol. The average molecular weight is 339 g/mol. The molecule has 23 heavy (non-hydrogen) atoms. The molecular formula is C14H18FN5O2S. The molecule has 1 aliphatic heterocycles. The number of aromatic nitrogens is 3. The van der Waals surface area contributed by atoms with Gasteiger partial charge < -0.3 is 5.32 Å². The molecule has 2 heterocycles. The van der Waals surface area contributed by atoms with E-state index in [9.17, 15) is 12.3 Å². The summed E-state index contributed by atoms with van der Waals surface area (Å²) in [5, 5.41) is 11.5. The van der Waals surface area contributed by atoms with E-state index in [4.69, 9.17) is 0 Å². The van der Waals surface area contributed by atoms with Crippen LogP contribution < -0.4 is 5.32 Å². The fourth-order valence-electron chi connectivity index (χ4n) is 2.63. The lowest BCUT2D eigenvalue weighted by Crippen LogP contribution is -2.44. The van der Waals surface area contributed by atoms with Gasteiger partial charge in [-0.05, 0) is 25.1 Å². The molecule has 3 rings (SSSR count). The van der Waals surface area contributed by atoms with Crippen LogP contribution in [0.3, 0.4) is 0 Å². The van der Waals surface area contributed by atoms with Gasteiger partial charge in [0.05, 0.1) is 23.6 Å². The molecule has 0 aliphatic carbocycles. The number of halogens is 1. The number of benzene rings is 1. The van der Waals surface area contributed by atoms with Crippen molar-refractivity contribution in [1.82, 2.24) is 25.2 Å². The lowest BCUT2D eigenvalue weighted by atomic mass is 10.2. The van der Waals surface area contributed by atoms with Gasteiger partial charge in [-0.1, -0.05) is 11.3 Å². The molecule has 0 saturated carbocycles. The summed E-state index contributed by atoms with van der Waals surface area (Å²) in [5.74, 6) is 0. The summed E-state index contributed by atoms with van der Waals surface area (Å²) < 4.78 is 36.6. The van der Waals surface area contributed by atoms with Gasteiger partial charge in [-0.2, -0.15) is 8.42 Å². The second-order valence-corrected chi connectivity index (χ2v) is 6.83. The van der Waals surface area contributed by atoms with Gasteiger partial charge in [-0.25, -0.2) is 4.68 Å². The van der Waals surface area contributed by atoms with Crippen LogP contribution in [0.1, 0.15) is 18.7 Å². The molecule has 0 bridgehead atoms. The normalized spacial score (nSPS) is 18.0. The minimum Gasteiger partial charge on any atom is -0.314 e. The van der Waals surface area contributed by atoms with Gasteiger partial charge in [0.25, 0.3) is 0 Å². The molecule has 1 fully saturated rings. The van der Waals surface area contributed by atoms with Crippen LogP contribution >= 0.6 is 0 Å². The molecule has 7 nitrogen and oxygen atoms in total. The summed E-state index contributed by atoms with van der Waals surface area (Å²) in [6, 6.07) is 5.69. The first-order valence-electron chi connectivity index (χ1n) is 7.37. The van der Waals surface area contributed by atoms with Crippen molar-refractivity contribution in [1.29, 1.82) is 0 Å². The molecule has 1 aromatic carbocycles. The van der Waals surface area contributed by atoms with Gasteiger partial charge in [0.2, 0.25) is 0 Å². The first-order chi connectivity index (χ1) is 10.9. The monoisotopic (exact) mass is 339 g/mol. The van der Waals surface area contributed by atoms with Gasteiger partial charge in [0.1, 0.15) is 4.90 Å². The fourth-order valence-corrected chi connectivity index (χ4v) is 3.13. The van der Waals surface area contributed by atoms with Crippen molar-refractivity contribution in [3.05, 3.63) is 36.2 Å². The Bertz CT molecular complexity index is 786. The zero-order valence-corrected chi connectivity index (χ0v) is 13.5. The topological polar surface area (TPSA) is 80.1 Å². The molecule has 2 aromatic rings. The summed E-state index contributed by atoms with van der Waals surface area (Å²) in [4.78, 5) is 1.91. The SMILES string of the molecule is CC(c1cn(-c2cccc(S(=O)(=O)F)c2)nn1)N1CCNCC1. The largest absolute Gasteiger partial charge is 0.332 e. The molecule has 1 unspecified atom stereocenters. The van der Waals surface area contributed by atoms with Crippen molar-refractivity contribution < 1.29 is 12.3 Å². The number of rotatable bonds is 4. The third-order valence-electron chi connectivity index (χ3n) is 4.00. The minimum atomic E-state index is -4.74. The van der Waals surface area contributed by atoms with E-state index in [1.165, 1.54) is 22.9 Å². The van der Waals surface area contributed by atoms with Crippen LogP contribution in [0.2, 0.25) is 0 Å². The van der Waals surface area contributed by atoms with Crippen molar-refractivity contribution in [2.75, 3.05) is 26.2 Å². The maximum absolute atomic E-state index is 13.1. The Morgan fingerprint density at radius 3 is 2.74 bits per heavy atom. The zero-order chi connectivity index (χ0) is 16.4. The highest BCUT2D eigenvalue weighted by molar-refractivity contribution is 7.86. The fraction of sp³-hybridized carbons (Fsp3) is 0.429. The standard InChI is InChI=1S/C14H18FN5O2S/c1-11(19-7-5-16-6-8-19)14-10-20(18-17-14)12-3-2-4-13(9-12)23(15,21)22/h2-4,9-11,16H,5-8H2,1H3. The predicted molar refractivity (Wildman–Crippen MR) is 82.5 cm³/mol. The molecule has 1 atom stereocenters. The van der Waals surface area contributed by atoms with Gasteiger partial charge in [-0.15, -0.1) is 8.98 Å². The first kappa shape index (κ1) is 16.0. The average Bonchev–Trinajstić information content (AvgIpc) is 3.04. The third kappa shape index (κ3) is 3.57. The second kappa shape index (κ2) is 6.34. The molecule has 0 amide bonds. The Hall–Kier alpha value is -1.84. The molecule has 1 saturated heterocycles. The van der Waals surface area contributed by atoms with E-state index in [-0.39, 0.29) is 10.9 Å². The van der Waals surface area contributed by atoms with Crippen molar-refractivity contribution in [3.8, 4) is 5.69 Å². The van der Waals surface area contributed by atoms with Crippen molar-refractivity contribution in [2.45, 2.75) is 17.9 Å². The van der Waals surface area contributed by atoms with E-state index in [0.717, 1.165) is 31.9 Å². The lowest BCUT2D eigenvalue weighted by molar-refractivity contribution is 0.182. The summed E-state index contributed by atoms with van der Waals surface area (Å²) >= 11 is 0. The van der Waals surface area contributed by atoms with Crippen LogP contribution in [0.15, 0.2) is 35.4 Å². The first-order valence-corrected chi connectivity index (χ1v) is 8.75. The Balaban J connectivity index is 1.84. The zero-order valence-electron chi connectivity index (χ0n) is 12.7. The molecule has 9 heteroatoms. The van der Waals surface area contributed by atoms with E-state index < -0.39 is 10.2 Å². The van der Waals surface area contributed by atoms with Gasteiger partial charge in [0, 0.05) is 26.2 Å². The Kier molecular flexibility index (Phi) is 4.42. The molecule has 0 radical (unpaired) electrons. The number of hydrogen-bond acceptors (Lipinski definition) is 6. The molecule has 1 N–H and O–H groups in total. The van der Waals surface area contributed by atoms with Gasteiger partial charge in [-0.3, -0.25) is 4.90 Å². The Labute approximate surface area is 134 Å². The summed E-state index contributed by atoms with van der Waals surface area (Å²) in [6.07, 6.45) is 1.75. The Morgan fingerprint density at radius 2 is 2.04 bits per heavy atom. The summed E-state index contributed by atoms with van der Waals surface area (Å²) in [7, 11) is -4.74. The highest BCUT2D eigenvalue weighted by atomic mass is 32.3. The van der Waals surface area contributed by atoms with E-state index in [1.54, 1.807) is 12.3 Å². The Morgan fingerprint density at radius 1 is 1.30 bits per heavy atom. The number of nitrogens with zero attached hydrogens (tertiary/aromatic N) is 4. The molecule has 1 aliphatic rings. The van der Waals surface area contributed by atoms with E-state index in [1.807, 2.05) is 0 Å². The number of piperazine rings is 1. The molecule has 124 valence electrons. The van der Waals surface area contributed by atoms with Crippen molar-refractivity contribution in [2.24, 2.45) is 0 Å². The van der Waals surface area contributed by atoms with Crippen LogP contribution in [0.25, 0.3) is 5.69 Å². The molecule has 1 aromatic heterocycles. The van der Waals surface area contributed by atoms with E-state index >= 15 is 0 Å². The molecule has 0 spiro atoms. The predicted octanol–water partition coefficient (Wildman–Crippen LogP) is 0.892. The third-order valence-corrected chi connectivity index (χ3v) is 4.82. The van der Waals surface area contributed by atoms with Gasteiger partial charge in [0.15, 0.2) is 0 Å². The number of nitrogens with one attached hydrogen (secondary N) is 1. The van der Waals surface area contributed by atoms with Crippen LogP contribution in [0, 0.1) is 0 Å².